The number of carbonyl (C=O) groups excluding carboxylic acids is 1. The van der Waals surface area contributed by atoms with Crippen molar-refractivity contribution < 1.29 is 23.7 Å². The summed E-state index contributed by atoms with van der Waals surface area (Å²) in [5.41, 5.74) is 4.94. The molecule has 2 atom stereocenters. The minimum absolute atomic E-state index is 0.265. The fourth-order valence-corrected chi connectivity index (χ4v) is 45.6. The van der Waals surface area contributed by atoms with E-state index >= 15 is 0 Å². The second-order valence-corrected chi connectivity index (χ2v) is 46.1. The van der Waals surface area contributed by atoms with Gasteiger partial charge in [0, 0.05) is 0 Å². The van der Waals surface area contributed by atoms with Crippen LogP contribution in [0.5, 0.6) is 11.5 Å². The van der Waals surface area contributed by atoms with E-state index in [4.69, 9.17) is 18.9 Å². The van der Waals surface area contributed by atoms with Crippen LogP contribution in [-0.4, -0.2) is 56.1 Å². The van der Waals surface area contributed by atoms with E-state index in [9.17, 15) is 4.79 Å². The average Bonchev–Trinajstić information content (AvgIpc) is 3.32. The summed E-state index contributed by atoms with van der Waals surface area (Å²) in [7, 11) is 0. The van der Waals surface area contributed by atoms with Crippen molar-refractivity contribution in [1.29, 1.82) is 0 Å². The Balaban J connectivity index is 1.62. The third-order valence-electron chi connectivity index (χ3n) is 13.4. The third-order valence-corrected chi connectivity index (χ3v) is 47.8. The first-order valence-electron chi connectivity index (χ1n) is 24.7. The van der Waals surface area contributed by atoms with Crippen LogP contribution in [0.4, 0.5) is 4.79 Å². The second-order valence-electron chi connectivity index (χ2n) is 18.0. The molecular weight excluding hydrogens is 978 g/mol. The molecule has 0 radical (unpaired) electrons. The number of hydrogen-bond acceptors (Lipinski definition) is 5. The molecule has 0 saturated heterocycles. The summed E-state index contributed by atoms with van der Waals surface area (Å²) in [6.07, 6.45) is 14.2. The molecule has 7 heteroatoms. The van der Waals surface area contributed by atoms with Gasteiger partial charge in [-0.3, -0.25) is 0 Å². The van der Waals surface area contributed by atoms with Gasteiger partial charge in [-0.15, -0.1) is 0 Å². The molecule has 5 nitrogen and oxygen atoms in total. The minimum atomic E-state index is -2.98. The maximum absolute atomic E-state index is 14.2. The van der Waals surface area contributed by atoms with Crippen LogP contribution in [0.3, 0.4) is 0 Å². The summed E-state index contributed by atoms with van der Waals surface area (Å²) in [5, 5.41) is 0. The second kappa shape index (κ2) is 29.7. The summed E-state index contributed by atoms with van der Waals surface area (Å²) in [4.78, 5) is 14.2. The molecule has 0 aliphatic carbocycles. The fourth-order valence-electron chi connectivity index (χ4n) is 9.64. The fraction of sp³-hybridized carbons (Fsp3) is 0.545. The van der Waals surface area contributed by atoms with Gasteiger partial charge in [-0.25, -0.2) is 0 Å². The van der Waals surface area contributed by atoms with Crippen molar-refractivity contribution in [1.82, 2.24) is 0 Å². The molecule has 0 spiro atoms. The van der Waals surface area contributed by atoms with Gasteiger partial charge in [0.2, 0.25) is 0 Å². The molecule has 0 amide bonds. The molecule has 0 aliphatic rings. The summed E-state index contributed by atoms with van der Waals surface area (Å²) < 4.78 is 33.9. The van der Waals surface area contributed by atoms with Gasteiger partial charge in [0.05, 0.1) is 0 Å². The van der Waals surface area contributed by atoms with Gasteiger partial charge in [0.15, 0.2) is 0 Å². The quantitative estimate of drug-likeness (QED) is 0.0360. The van der Waals surface area contributed by atoms with Gasteiger partial charge < -0.3 is 0 Å². The van der Waals surface area contributed by atoms with Crippen molar-refractivity contribution >= 4 is 42.9 Å². The molecule has 0 saturated carbocycles. The zero-order chi connectivity index (χ0) is 44.3. The molecule has 340 valence electrons. The van der Waals surface area contributed by atoms with Gasteiger partial charge in [-0.1, -0.05) is 0 Å². The number of rotatable bonds is 32. The Morgan fingerprint density at radius 3 is 0.984 bits per heavy atom. The van der Waals surface area contributed by atoms with Crippen LogP contribution in [0, 0.1) is 0 Å². The van der Waals surface area contributed by atoms with E-state index in [1.54, 1.807) is 0 Å². The van der Waals surface area contributed by atoms with Gasteiger partial charge in [-0.2, -0.15) is 0 Å². The van der Waals surface area contributed by atoms with Crippen molar-refractivity contribution in [3.05, 3.63) is 131 Å². The summed E-state index contributed by atoms with van der Waals surface area (Å²) in [6, 6.07) is 38.3. The maximum atomic E-state index is 14.2. The van der Waals surface area contributed by atoms with Crippen LogP contribution >= 0.6 is 0 Å². The first-order chi connectivity index (χ1) is 30.4. The molecule has 0 aromatic heterocycles. The molecule has 0 heterocycles. The molecule has 4 aromatic rings. The van der Waals surface area contributed by atoms with Crippen LogP contribution in [0.25, 0.3) is 0 Å². The van der Waals surface area contributed by atoms with E-state index in [0.717, 1.165) is 22.6 Å². The average molecular weight is 1060 g/mol. The normalized spacial score (nSPS) is 12.7. The monoisotopic (exact) mass is 1060 g/mol. The van der Waals surface area contributed by atoms with Crippen LogP contribution in [0.15, 0.2) is 109 Å². The zero-order valence-electron chi connectivity index (χ0n) is 39.6. The van der Waals surface area contributed by atoms with E-state index in [2.05, 4.69) is 139 Å². The Morgan fingerprint density at radius 1 is 0.419 bits per heavy atom. The summed E-state index contributed by atoms with van der Waals surface area (Å²) in [5.74, 6) is 1.75. The van der Waals surface area contributed by atoms with Gasteiger partial charge in [0.1, 0.15) is 0 Å². The number of benzene rings is 4. The number of ether oxygens (including phenoxy) is 4. The first-order valence-corrected chi connectivity index (χ1v) is 40.1. The number of unbranched alkanes of at least 4 members (excludes halogenated alkanes) is 6. The first kappa shape index (κ1) is 52.0. The SMILES string of the molecule is CCC[CH2][Sn]([CH2]CCC)([CH2]CCC)[CH](COC(=O)OC[CH](c1ccc(OCc2ccccc2)cc1)[Sn]([CH2]CCC)([CH2]CCC)[CH2]CCC)c1ccc(OCc2ccccc2)cc1. The molecular formula is C55H82O5Sn2. The molecule has 0 bridgehead atoms. The summed E-state index contributed by atoms with van der Waals surface area (Å²) in [6.45, 7) is 15.9. The third kappa shape index (κ3) is 17.0. The van der Waals surface area contributed by atoms with Crippen LogP contribution in [-0.2, 0) is 22.7 Å². The molecule has 4 rings (SSSR count). The van der Waals surface area contributed by atoms with E-state index in [1.165, 1.54) is 115 Å². The topological polar surface area (TPSA) is 54.0 Å². The standard InChI is InChI=1S/C31H28O5.6C4H9.2Sn/c32-31(33-21-19-25-11-15-29(16-12-25)35-23-27-7-3-1-4-8-27)34-22-20-26-13-17-30(18-14-26)36-24-28-9-5-2-6-10-28;6*1-3-4-2;;/h1-20H,21-24H2;6*1,3-4H2,2H3;;. The van der Waals surface area contributed by atoms with Crippen LogP contribution < -0.4 is 9.47 Å². The van der Waals surface area contributed by atoms with Gasteiger partial charge >= 0.3 is 389 Å². The van der Waals surface area contributed by atoms with Crippen molar-refractivity contribution in [2.75, 3.05) is 13.2 Å². The van der Waals surface area contributed by atoms with E-state index in [0.29, 0.717) is 26.4 Å². The summed E-state index contributed by atoms with van der Waals surface area (Å²) >= 11 is -5.97. The molecule has 0 N–H and O–H groups in total. The van der Waals surface area contributed by atoms with Crippen LogP contribution in [0.1, 0.15) is 149 Å². The van der Waals surface area contributed by atoms with Crippen LogP contribution in [0.2, 0.25) is 26.6 Å². The molecule has 2 unspecified atom stereocenters. The predicted octanol–water partition coefficient (Wildman–Crippen LogP) is 16.6. The Bertz CT molecular complexity index is 1580. The Morgan fingerprint density at radius 2 is 0.710 bits per heavy atom. The Kier molecular flexibility index (Phi) is 24.9. The number of carbonyl (C=O) groups is 1. The van der Waals surface area contributed by atoms with E-state index in [1.807, 2.05) is 12.1 Å². The van der Waals surface area contributed by atoms with E-state index in [-0.39, 0.29) is 7.87 Å². The van der Waals surface area contributed by atoms with Crippen molar-refractivity contribution in [2.45, 2.75) is 166 Å². The Labute approximate surface area is 386 Å². The Hall–Kier alpha value is -2.65. The van der Waals surface area contributed by atoms with Gasteiger partial charge in [-0.05, 0) is 0 Å². The molecule has 62 heavy (non-hydrogen) atoms. The molecule has 0 fully saturated rings. The van der Waals surface area contributed by atoms with Crippen molar-refractivity contribution in [2.24, 2.45) is 0 Å². The number of hydrogen-bond donors (Lipinski definition) is 0. The van der Waals surface area contributed by atoms with Crippen molar-refractivity contribution in [3.63, 3.8) is 0 Å². The predicted molar refractivity (Wildman–Crippen MR) is 267 cm³/mol. The zero-order valence-corrected chi connectivity index (χ0v) is 45.4. The van der Waals surface area contributed by atoms with Gasteiger partial charge in [0.25, 0.3) is 0 Å². The molecule has 0 aliphatic heterocycles. The van der Waals surface area contributed by atoms with Crippen molar-refractivity contribution in [3.8, 4) is 11.5 Å². The molecule has 4 aromatic carbocycles. The van der Waals surface area contributed by atoms with E-state index < -0.39 is 42.9 Å².